The number of rotatable bonds is 3. The van der Waals surface area contributed by atoms with Gasteiger partial charge in [0.25, 0.3) is 0 Å². The Labute approximate surface area is 148 Å². The second-order valence-electron chi connectivity index (χ2n) is 6.63. The van der Waals surface area contributed by atoms with Crippen molar-refractivity contribution in [3.63, 3.8) is 0 Å². The SMILES string of the molecule is C=CCN1C(=O)CC(c2ccccc2C)c2c1ccc1ccccc21. The first kappa shape index (κ1) is 15.6. The fraction of sp³-hybridized carbons (Fsp3) is 0.174. The van der Waals surface area contributed by atoms with Gasteiger partial charge in [0.1, 0.15) is 0 Å². The molecule has 0 radical (unpaired) electrons. The molecule has 1 aliphatic rings. The van der Waals surface area contributed by atoms with Gasteiger partial charge in [-0.3, -0.25) is 4.79 Å². The Kier molecular flexibility index (Phi) is 3.89. The first-order valence-corrected chi connectivity index (χ1v) is 8.69. The molecule has 0 saturated carbocycles. The summed E-state index contributed by atoms with van der Waals surface area (Å²) in [7, 11) is 0. The van der Waals surface area contributed by atoms with Gasteiger partial charge in [0.2, 0.25) is 5.91 Å². The van der Waals surface area contributed by atoms with Crippen molar-refractivity contribution in [3.8, 4) is 0 Å². The maximum absolute atomic E-state index is 12.9. The molecule has 1 heterocycles. The minimum absolute atomic E-state index is 0.0934. The Hall–Kier alpha value is -2.87. The van der Waals surface area contributed by atoms with E-state index < -0.39 is 0 Å². The van der Waals surface area contributed by atoms with E-state index in [1.165, 1.54) is 27.5 Å². The molecule has 0 bridgehead atoms. The van der Waals surface area contributed by atoms with Crippen molar-refractivity contribution >= 4 is 22.4 Å². The van der Waals surface area contributed by atoms with E-state index in [0.29, 0.717) is 13.0 Å². The summed E-state index contributed by atoms with van der Waals surface area (Å²) in [5, 5.41) is 2.45. The van der Waals surface area contributed by atoms with Gasteiger partial charge in [-0.2, -0.15) is 0 Å². The second-order valence-corrected chi connectivity index (χ2v) is 6.63. The molecule has 0 aliphatic carbocycles. The van der Waals surface area contributed by atoms with E-state index in [1.807, 2.05) is 4.90 Å². The normalized spacial score (nSPS) is 16.8. The van der Waals surface area contributed by atoms with Crippen molar-refractivity contribution in [1.29, 1.82) is 0 Å². The van der Waals surface area contributed by atoms with Crippen LogP contribution < -0.4 is 4.90 Å². The Morgan fingerprint density at radius 2 is 1.84 bits per heavy atom. The van der Waals surface area contributed by atoms with Crippen LogP contribution in [0.15, 0.2) is 73.3 Å². The lowest BCUT2D eigenvalue weighted by Crippen LogP contribution is -2.37. The smallest absolute Gasteiger partial charge is 0.228 e. The fourth-order valence-electron chi connectivity index (χ4n) is 3.98. The van der Waals surface area contributed by atoms with Crippen LogP contribution in [0.4, 0.5) is 5.69 Å². The number of hydrogen-bond donors (Lipinski definition) is 0. The van der Waals surface area contributed by atoms with Gasteiger partial charge in [-0.05, 0) is 40.5 Å². The summed E-state index contributed by atoms with van der Waals surface area (Å²) >= 11 is 0. The van der Waals surface area contributed by atoms with Gasteiger partial charge in [0.15, 0.2) is 0 Å². The van der Waals surface area contributed by atoms with Crippen LogP contribution in [-0.2, 0) is 4.79 Å². The predicted octanol–water partition coefficient (Wildman–Crippen LogP) is 5.20. The van der Waals surface area contributed by atoms with Gasteiger partial charge in [-0.1, -0.05) is 60.7 Å². The summed E-state index contributed by atoms with van der Waals surface area (Å²) in [6.07, 6.45) is 2.30. The number of nitrogens with zero attached hydrogens (tertiary/aromatic N) is 1. The molecule has 2 heteroatoms. The minimum atomic E-state index is 0.0934. The van der Waals surface area contributed by atoms with E-state index in [4.69, 9.17) is 0 Å². The van der Waals surface area contributed by atoms with E-state index in [9.17, 15) is 4.79 Å². The number of aryl methyl sites for hydroxylation is 1. The molecule has 0 fully saturated rings. The quantitative estimate of drug-likeness (QED) is 0.605. The topological polar surface area (TPSA) is 20.3 Å². The molecule has 1 amide bonds. The van der Waals surface area contributed by atoms with Crippen molar-refractivity contribution < 1.29 is 4.79 Å². The zero-order chi connectivity index (χ0) is 17.4. The summed E-state index contributed by atoms with van der Waals surface area (Å²) < 4.78 is 0. The van der Waals surface area contributed by atoms with Crippen LogP contribution in [0.5, 0.6) is 0 Å². The number of benzene rings is 3. The highest BCUT2D eigenvalue weighted by atomic mass is 16.2. The summed E-state index contributed by atoms with van der Waals surface area (Å²) in [5.41, 5.74) is 4.75. The van der Waals surface area contributed by atoms with E-state index in [1.54, 1.807) is 6.08 Å². The van der Waals surface area contributed by atoms with Gasteiger partial charge in [0.05, 0.1) is 0 Å². The predicted molar refractivity (Wildman–Crippen MR) is 104 cm³/mol. The molecular formula is C23H21NO. The molecule has 0 N–H and O–H groups in total. The van der Waals surface area contributed by atoms with Gasteiger partial charge >= 0.3 is 0 Å². The zero-order valence-electron chi connectivity index (χ0n) is 14.4. The second kappa shape index (κ2) is 6.21. The highest BCUT2D eigenvalue weighted by molar-refractivity contribution is 6.03. The number of carbonyl (C=O) groups is 1. The van der Waals surface area contributed by atoms with Crippen LogP contribution in [0.2, 0.25) is 0 Å². The van der Waals surface area contributed by atoms with Crippen LogP contribution in [0, 0.1) is 6.92 Å². The van der Waals surface area contributed by atoms with Crippen LogP contribution in [-0.4, -0.2) is 12.5 Å². The molecular weight excluding hydrogens is 306 g/mol. The van der Waals surface area contributed by atoms with Crippen LogP contribution in [0.3, 0.4) is 0 Å². The van der Waals surface area contributed by atoms with Crippen molar-refractivity contribution in [2.45, 2.75) is 19.3 Å². The van der Waals surface area contributed by atoms with Crippen LogP contribution in [0.25, 0.3) is 10.8 Å². The third-order valence-electron chi connectivity index (χ3n) is 5.14. The molecule has 0 aromatic heterocycles. The number of anilines is 1. The molecule has 3 aromatic rings. The summed E-state index contributed by atoms with van der Waals surface area (Å²) in [5.74, 6) is 0.256. The lowest BCUT2D eigenvalue weighted by Gasteiger charge is -2.35. The average molecular weight is 327 g/mol. The number of carbonyl (C=O) groups excluding carboxylic acids is 1. The Morgan fingerprint density at radius 3 is 2.64 bits per heavy atom. The largest absolute Gasteiger partial charge is 0.308 e. The molecule has 1 unspecified atom stereocenters. The van der Waals surface area contributed by atoms with Crippen LogP contribution >= 0.6 is 0 Å². The maximum Gasteiger partial charge on any atom is 0.228 e. The first-order chi connectivity index (χ1) is 12.2. The lowest BCUT2D eigenvalue weighted by molar-refractivity contribution is -0.119. The van der Waals surface area contributed by atoms with Gasteiger partial charge in [0, 0.05) is 24.6 Å². The molecule has 4 rings (SSSR count). The monoisotopic (exact) mass is 327 g/mol. The van der Waals surface area contributed by atoms with E-state index in [-0.39, 0.29) is 11.8 Å². The molecule has 3 aromatic carbocycles. The van der Waals surface area contributed by atoms with Crippen molar-refractivity contribution in [3.05, 3.63) is 90.0 Å². The number of hydrogen-bond acceptors (Lipinski definition) is 1. The first-order valence-electron chi connectivity index (χ1n) is 8.69. The van der Waals surface area contributed by atoms with Crippen molar-refractivity contribution in [2.75, 3.05) is 11.4 Å². The molecule has 124 valence electrons. The average Bonchev–Trinajstić information content (AvgIpc) is 2.64. The maximum atomic E-state index is 12.9. The Bertz CT molecular complexity index is 973. The van der Waals surface area contributed by atoms with Crippen molar-refractivity contribution in [2.24, 2.45) is 0 Å². The lowest BCUT2D eigenvalue weighted by atomic mass is 9.80. The Balaban J connectivity index is 2.02. The van der Waals surface area contributed by atoms with Gasteiger partial charge in [-0.25, -0.2) is 0 Å². The van der Waals surface area contributed by atoms with Crippen molar-refractivity contribution in [1.82, 2.24) is 0 Å². The zero-order valence-corrected chi connectivity index (χ0v) is 14.4. The standard InChI is InChI=1S/C23H21NO/c1-3-14-24-21-13-12-17-9-5-7-11-19(17)23(21)20(15-22(24)25)18-10-6-4-8-16(18)2/h3-13,20H,1,14-15H2,2H3. The third-order valence-corrected chi connectivity index (χ3v) is 5.14. The van der Waals surface area contributed by atoms with Gasteiger partial charge in [-0.15, -0.1) is 6.58 Å². The molecule has 1 atom stereocenters. The Morgan fingerprint density at radius 1 is 1.08 bits per heavy atom. The highest BCUT2D eigenvalue weighted by Gasteiger charge is 2.33. The summed E-state index contributed by atoms with van der Waals surface area (Å²) in [6.45, 7) is 6.49. The fourth-order valence-corrected chi connectivity index (χ4v) is 3.98. The minimum Gasteiger partial charge on any atom is -0.308 e. The molecule has 25 heavy (non-hydrogen) atoms. The molecule has 0 spiro atoms. The highest BCUT2D eigenvalue weighted by Crippen LogP contribution is 2.44. The number of fused-ring (bicyclic) bond motifs is 3. The summed E-state index contributed by atoms with van der Waals surface area (Å²) in [4.78, 5) is 14.7. The van der Waals surface area contributed by atoms with Gasteiger partial charge < -0.3 is 4.90 Å². The number of amides is 1. The van der Waals surface area contributed by atoms with E-state index in [0.717, 1.165) is 5.69 Å². The summed E-state index contributed by atoms with van der Waals surface area (Å²) in [6, 6.07) is 21.0. The van der Waals surface area contributed by atoms with E-state index >= 15 is 0 Å². The molecule has 2 nitrogen and oxygen atoms in total. The van der Waals surface area contributed by atoms with Crippen LogP contribution in [0.1, 0.15) is 29.0 Å². The third kappa shape index (κ3) is 2.54. The molecule has 0 saturated heterocycles. The molecule has 1 aliphatic heterocycles. The van der Waals surface area contributed by atoms with E-state index in [2.05, 4.69) is 74.2 Å².